The van der Waals surface area contributed by atoms with Crippen LogP contribution in [-0.2, 0) is 18.4 Å². The van der Waals surface area contributed by atoms with E-state index in [1.807, 2.05) is 50.5 Å². The molecule has 1 aromatic carbocycles. The topological polar surface area (TPSA) is 72.7 Å². The second-order valence-electron chi connectivity index (χ2n) is 5.84. The minimum atomic E-state index is -0.167. The van der Waals surface area contributed by atoms with Gasteiger partial charge in [-0.25, -0.2) is 0 Å². The fourth-order valence-corrected chi connectivity index (χ4v) is 2.83. The number of carbonyl (C=O) groups excluding carboxylic acids is 1. The summed E-state index contributed by atoms with van der Waals surface area (Å²) in [5.74, 6) is -0.170. The summed E-state index contributed by atoms with van der Waals surface area (Å²) in [7, 11) is 1.85. The van der Waals surface area contributed by atoms with E-state index in [1.54, 1.807) is 23.3 Å². The molecule has 3 rings (SSSR count). The Balaban J connectivity index is 1.74. The van der Waals surface area contributed by atoms with Crippen LogP contribution in [0.4, 0.5) is 0 Å². The zero-order valence-corrected chi connectivity index (χ0v) is 14.4. The molecule has 0 fully saturated rings. The second kappa shape index (κ2) is 7.70. The van der Waals surface area contributed by atoms with E-state index in [0.717, 1.165) is 28.9 Å². The minimum Gasteiger partial charge on any atom is -0.350 e. The first kappa shape index (κ1) is 16.8. The SMILES string of the molecule is CC[C@H](C(=O)NCc1nccnc1-c1cnn(C)c1)c1ccccc1. The molecule has 128 valence electrons. The van der Waals surface area contributed by atoms with Gasteiger partial charge in [-0.3, -0.25) is 19.4 Å². The molecular formula is C19H21N5O. The van der Waals surface area contributed by atoms with E-state index in [0.29, 0.717) is 6.54 Å². The van der Waals surface area contributed by atoms with Crippen LogP contribution in [0.15, 0.2) is 55.1 Å². The van der Waals surface area contributed by atoms with E-state index in [1.165, 1.54) is 0 Å². The fourth-order valence-electron chi connectivity index (χ4n) is 2.83. The van der Waals surface area contributed by atoms with E-state index in [2.05, 4.69) is 20.4 Å². The summed E-state index contributed by atoms with van der Waals surface area (Å²) in [5.41, 5.74) is 3.37. The maximum Gasteiger partial charge on any atom is 0.227 e. The number of carbonyl (C=O) groups is 1. The van der Waals surface area contributed by atoms with Crippen molar-refractivity contribution >= 4 is 5.91 Å². The molecule has 1 amide bonds. The van der Waals surface area contributed by atoms with Crippen LogP contribution in [-0.4, -0.2) is 25.7 Å². The number of benzene rings is 1. The summed E-state index contributed by atoms with van der Waals surface area (Å²) in [6, 6.07) is 9.82. The van der Waals surface area contributed by atoms with Crippen LogP contribution in [0.1, 0.15) is 30.5 Å². The van der Waals surface area contributed by atoms with Crippen molar-refractivity contribution < 1.29 is 4.79 Å². The second-order valence-corrected chi connectivity index (χ2v) is 5.84. The lowest BCUT2D eigenvalue weighted by Crippen LogP contribution is -2.29. The van der Waals surface area contributed by atoms with Gasteiger partial charge in [-0.1, -0.05) is 37.3 Å². The first-order chi connectivity index (χ1) is 12.2. The van der Waals surface area contributed by atoms with E-state index in [4.69, 9.17) is 0 Å². The monoisotopic (exact) mass is 335 g/mol. The molecule has 0 radical (unpaired) electrons. The molecule has 2 heterocycles. The molecule has 0 bridgehead atoms. The average molecular weight is 335 g/mol. The average Bonchev–Trinajstić information content (AvgIpc) is 3.08. The molecular weight excluding hydrogens is 314 g/mol. The van der Waals surface area contributed by atoms with Crippen molar-refractivity contribution in [1.29, 1.82) is 0 Å². The van der Waals surface area contributed by atoms with Crippen LogP contribution < -0.4 is 5.32 Å². The van der Waals surface area contributed by atoms with Gasteiger partial charge in [0.25, 0.3) is 0 Å². The third-order valence-electron chi connectivity index (χ3n) is 4.11. The van der Waals surface area contributed by atoms with Crippen molar-refractivity contribution in [2.45, 2.75) is 25.8 Å². The lowest BCUT2D eigenvalue weighted by Gasteiger charge is -2.15. The minimum absolute atomic E-state index is 0.00325. The van der Waals surface area contributed by atoms with Gasteiger partial charge in [0.1, 0.15) is 0 Å². The summed E-state index contributed by atoms with van der Waals surface area (Å²) in [6.45, 7) is 2.35. The van der Waals surface area contributed by atoms with Gasteiger partial charge < -0.3 is 5.32 Å². The number of nitrogens with zero attached hydrogens (tertiary/aromatic N) is 4. The van der Waals surface area contributed by atoms with Gasteiger partial charge >= 0.3 is 0 Å². The van der Waals surface area contributed by atoms with Gasteiger partial charge in [0.2, 0.25) is 5.91 Å². The first-order valence-corrected chi connectivity index (χ1v) is 8.30. The molecule has 0 aliphatic heterocycles. The molecule has 1 N–H and O–H groups in total. The van der Waals surface area contributed by atoms with Crippen LogP contribution in [0, 0.1) is 0 Å². The van der Waals surface area contributed by atoms with Crippen molar-refractivity contribution in [1.82, 2.24) is 25.1 Å². The maximum absolute atomic E-state index is 12.6. The van der Waals surface area contributed by atoms with Gasteiger partial charge in [0.15, 0.2) is 0 Å². The highest BCUT2D eigenvalue weighted by atomic mass is 16.1. The Hall–Kier alpha value is -3.02. The molecule has 2 aromatic heterocycles. The largest absolute Gasteiger partial charge is 0.350 e. The van der Waals surface area contributed by atoms with Gasteiger partial charge in [0.05, 0.1) is 30.0 Å². The molecule has 0 unspecified atom stereocenters. The maximum atomic E-state index is 12.6. The highest BCUT2D eigenvalue weighted by Gasteiger charge is 2.19. The van der Waals surface area contributed by atoms with Crippen molar-refractivity contribution in [3.8, 4) is 11.3 Å². The summed E-state index contributed by atoms with van der Waals surface area (Å²) >= 11 is 0. The van der Waals surface area contributed by atoms with Crippen LogP contribution in [0.2, 0.25) is 0 Å². The Kier molecular flexibility index (Phi) is 5.18. The molecule has 0 saturated heterocycles. The zero-order chi connectivity index (χ0) is 17.6. The lowest BCUT2D eigenvalue weighted by molar-refractivity contribution is -0.122. The molecule has 3 aromatic rings. The molecule has 1 atom stereocenters. The number of aryl methyl sites for hydroxylation is 1. The standard InChI is InChI=1S/C19H21N5O/c1-3-16(14-7-5-4-6-8-14)19(25)22-12-17-18(21-10-9-20-17)15-11-23-24(2)13-15/h4-11,13,16H,3,12H2,1-2H3,(H,22,25)/t16-/m0/s1. The highest BCUT2D eigenvalue weighted by Crippen LogP contribution is 2.21. The number of aromatic nitrogens is 4. The predicted octanol–water partition coefficient (Wildman–Crippen LogP) is 2.69. The molecule has 25 heavy (non-hydrogen) atoms. The smallest absolute Gasteiger partial charge is 0.227 e. The summed E-state index contributed by atoms with van der Waals surface area (Å²) in [4.78, 5) is 21.4. The highest BCUT2D eigenvalue weighted by molar-refractivity contribution is 5.83. The molecule has 6 nitrogen and oxygen atoms in total. The van der Waals surface area contributed by atoms with E-state index < -0.39 is 0 Å². The Labute approximate surface area is 146 Å². The Morgan fingerprint density at radius 1 is 1.20 bits per heavy atom. The van der Waals surface area contributed by atoms with E-state index >= 15 is 0 Å². The van der Waals surface area contributed by atoms with Crippen LogP contribution in [0.3, 0.4) is 0 Å². The summed E-state index contributed by atoms with van der Waals surface area (Å²) in [5, 5.41) is 7.17. The zero-order valence-electron chi connectivity index (χ0n) is 14.4. The first-order valence-electron chi connectivity index (χ1n) is 8.30. The Morgan fingerprint density at radius 2 is 1.96 bits per heavy atom. The van der Waals surface area contributed by atoms with Crippen LogP contribution in [0.5, 0.6) is 0 Å². The number of amides is 1. The Bertz CT molecular complexity index is 844. The quantitative estimate of drug-likeness (QED) is 0.752. The van der Waals surface area contributed by atoms with Gasteiger partial charge in [-0.05, 0) is 12.0 Å². The van der Waals surface area contributed by atoms with E-state index in [9.17, 15) is 4.79 Å². The van der Waals surface area contributed by atoms with Gasteiger partial charge in [0, 0.05) is 31.2 Å². The van der Waals surface area contributed by atoms with Crippen LogP contribution in [0.25, 0.3) is 11.3 Å². The molecule has 0 spiro atoms. The third kappa shape index (κ3) is 3.91. The number of hydrogen-bond donors (Lipinski definition) is 1. The normalized spacial score (nSPS) is 11.9. The molecule has 0 saturated carbocycles. The van der Waals surface area contributed by atoms with Gasteiger partial charge in [-0.2, -0.15) is 5.10 Å². The lowest BCUT2D eigenvalue weighted by atomic mass is 9.95. The summed E-state index contributed by atoms with van der Waals surface area (Å²) in [6.07, 6.45) is 7.65. The summed E-state index contributed by atoms with van der Waals surface area (Å²) < 4.78 is 1.72. The van der Waals surface area contributed by atoms with Crippen molar-refractivity contribution in [3.63, 3.8) is 0 Å². The third-order valence-corrected chi connectivity index (χ3v) is 4.11. The fraction of sp³-hybridized carbons (Fsp3) is 0.263. The predicted molar refractivity (Wildman–Crippen MR) is 95.6 cm³/mol. The molecule has 6 heteroatoms. The number of hydrogen-bond acceptors (Lipinski definition) is 4. The van der Waals surface area contributed by atoms with E-state index in [-0.39, 0.29) is 11.8 Å². The Morgan fingerprint density at radius 3 is 2.64 bits per heavy atom. The van der Waals surface area contributed by atoms with Crippen molar-refractivity contribution in [2.24, 2.45) is 7.05 Å². The molecule has 0 aliphatic carbocycles. The van der Waals surface area contributed by atoms with Gasteiger partial charge in [-0.15, -0.1) is 0 Å². The molecule has 0 aliphatic rings. The number of rotatable bonds is 6. The number of nitrogens with one attached hydrogen (secondary N) is 1. The van der Waals surface area contributed by atoms with Crippen LogP contribution >= 0.6 is 0 Å². The van der Waals surface area contributed by atoms with Crippen molar-refractivity contribution in [3.05, 3.63) is 66.4 Å². The van der Waals surface area contributed by atoms with Crippen molar-refractivity contribution in [2.75, 3.05) is 0 Å².